The van der Waals surface area contributed by atoms with Crippen molar-refractivity contribution in [1.29, 1.82) is 0 Å². The molecule has 1 saturated heterocycles. The van der Waals surface area contributed by atoms with Crippen LogP contribution in [-0.2, 0) is 4.74 Å². The Bertz CT molecular complexity index is 242. The van der Waals surface area contributed by atoms with Crippen molar-refractivity contribution in [1.82, 2.24) is 0 Å². The first-order chi connectivity index (χ1) is 6.61. The topological polar surface area (TPSA) is 139 Å². The van der Waals surface area contributed by atoms with Crippen molar-refractivity contribution in [3.63, 3.8) is 0 Å². The zero-order valence-corrected chi connectivity index (χ0v) is 7.13. The van der Waals surface area contributed by atoms with Gasteiger partial charge in [-0.2, -0.15) is 0 Å². The molecular weight excluding hydrogens is 194 g/mol. The van der Waals surface area contributed by atoms with E-state index < -0.39 is 37.3 Å². The maximum atomic E-state index is 9.37. The highest BCUT2D eigenvalue weighted by Crippen LogP contribution is 2.22. The Morgan fingerprint density at radius 1 is 1.29 bits per heavy atom. The van der Waals surface area contributed by atoms with E-state index in [0.717, 1.165) is 0 Å². The Hall–Kier alpha value is -0.890. The lowest BCUT2D eigenvalue weighted by molar-refractivity contribution is -0.258. The van der Waals surface area contributed by atoms with Crippen LogP contribution in [0.5, 0.6) is 0 Å². The molecule has 0 amide bonds. The van der Waals surface area contributed by atoms with Gasteiger partial charge in [0.05, 0.1) is 24.9 Å². The lowest BCUT2D eigenvalue weighted by Gasteiger charge is -2.37. The molecule has 0 spiro atoms. The van der Waals surface area contributed by atoms with Crippen LogP contribution >= 0.6 is 0 Å². The molecule has 0 bridgehead atoms. The highest BCUT2D eigenvalue weighted by atomic mass is 16.6. The highest BCUT2D eigenvalue weighted by molar-refractivity contribution is 4.93. The summed E-state index contributed by atoms with van der Waals surface area (Å²) in [5, 5.41) is 39.6. The Morgan fingerprint density at radius 2 is 1.93 bits per heavy atom. The van der Waals surface area contributed by atoms with E-state index in [4.69, 9.17) is 25.6 Å². The molecule has 0 aromatic rings. The molecule has 14 heavy (non-hydrogen) atoms. The number of hydrogen-bond donors (Lipinski definition) is 4. The number of rotatable bonds is 2. The van der Waals surface area contributed by atoms with E-state index in [2.05, 4.69) is 10.0 Å². The summed E-state index contributed by atoms with van der Waals surface area (Å²) in [6.45, 7) is -0.523. The van der Waals surface area contributed by atoms with Crippen molar-refractivity contribution < 1.29 is 25.2 Å². The second-order valence-corrected chi connectivity index (χ2v) is 2.92. The smallest absolute Gasteiger partial charge is 0.183 e. The molecule has 80 valence electrons. The van der Waals surface area contributed by atoms with Gasteiger partial charge in [-0.05, 0) is 5.53 Å². The van der Waals surface area contributed by atoms with Crippen molar-refractivity contribution in [2.45, 2.75) is 30.6 Å². The molecule has 1 aliphatic heterocycles. The van der Waals surface area contributed by atoms with Crippen molar-refractivity contribution >= 4 is 0 Å². The molecular formula is C6H11N3O5. The number of ether oxygens (including phenoxy) is 1. The minimum atomic E-state index is -1.59. The van der Waals surface area contributed by atoms with Gasteiger partial charge in [-0.3, -0.25) is 0 Å². The summed E-state index contributed by atoms with van der Waals surface area (Å²) in [5.74, 6) is 0. The first-order valence-corrected chi connectivity index (χ1v) is 3.96. The molecule has 0 aromatic heterocycles. The Balaban J connectivity index is 2.82. The van der Waals surface area contributed by atoms with E-state index in [9.17, 15) is 5.11 Å². The number of aliphatic hydroxyl groups is 4. The van der Waals surface area contributed by atoms with Crippen LogP contribution in [0.15, 0.2) is 5.11 Å². The first-order valence-electron chi connectivity index (χ1n) is 3.96. The van der Waals surface area contributed by atoms with Crippen LogP contribution in [0, 0.1) is 0 Å². The second-order valence-electron chi connectivity index (χ2n) is 2.92. The molecule has 0 radical (unpaired) electrons. The Labute approximate surface area is 79.0 Å². The van der Waals surface area contributed by atoms with Gasteiger partial charge in [-0.15, -0.1) is 0 Å². The van der Waals surface area contributed by atoms with Gasteiger partial charge in [0.2, 0.25) is 0 Å². The zero-order valence-electron chi connectivity index (χ0n) is 7.13. The van der Waals surface area contributed by atoms with Crippen LogP contribution in [0.25, 0.3) is 10.4 Å². The summed E-state index contributed by atoms with van der Waals surface area (Å²) in [4.78, 5) is 2.45. The van der Waals surface area contributed by atoms with Gasteiger partial charge in [0, 0.05) is 4.91 Å². The van der Waals surface area contributed by atoms with Crippen LogP contribution in [-0.4, -0.2) is 57.7 Å². The van der Waals surface area contributed by atoms with E-state index in [1.54, 1.807) is 0 Å². The van der Waals surface area contributed by atoms with Crippen LogP contribution in [0.4, 0.5) is 0 Å². The van der Waals surface area contributed by atoms with E-state index in [1.807, 2.05) is 0 Å². The summed E-state index contributed by atoms with van der Waals surface area (Å²) in [5.41, 5.74) is 8.17. The zero-order chi connectivity index (χ0) is 10.7. The van der Waals surface area contributed by atoms with Crippen molar-refractivity contribution in [3.05, 3.63) is 10.4 Å². The fourth-order valence-electron chi connectivity index (χ4n) is 1.28. The Kier molecular flexibility index (Phi) is 3.64. The summed E-state index contributed by atoms with van der Waals surface area (Å²) in [6, 6.07) is -1.11. The fraction of sp³-hybridized carbons (Fsp3) is 1.00. The molecule has 0 unspecified atom stereocenters. The summed E-state index contributed by atoms with van der Waals surface area (Å²) >= 11 is 0. The molecule has 8 nitrogen and oxygen atoms in total. The lowest BCUT2D eigenvalue weighted by Crippen LogP contribution is -2.57. The largest absolute Gasteiger partial charge is 0.394 e. The SMILES string of the molecule is [N-]=[N+]=N[C@H]1[C@H](O)[C@H](O)[C@@H](O)O[C@@H]1CO. The molecule has 1 fully saturated rings. The average Bonchev–Trinajstić information content (AvgIpc) is 2.19. The maximum absolute atomic E-state index is 9.37. The third kappa shape index (κ3) is 1.95. The molecule has 1 heterocycles. The predicted octanol–water partition coefficient (Wildman–Crippen LogP) is -1.90. The average molecular weight is 205 g/mol. The van der Waals surface area contributed by atoms with Crippen LogP contribution in [0.2, 0.25) is 0 Å². The molecule has 1 rings (SSSR count). The Morgan fingerprint density at radius 3 is 2.43 bits per heavy atom. The molecule has 0 aromatic carbocycles. The van der Waals surface area contributed by atoms with Gasteiger partial charge in [-0.1, -0.05) is 5.11 Å². The molecule has 5 atom stereocenters. The number of nitrogens with zero attached hydrogens (tertiary/aromatic N) is 3. The summed E-state index contributed by atoms with van der Waals surface area (Å²) in [7, 11) is 0. The maximum Gasteiger partial charge on any atom is 0.183 e. The molecule has 0 saturated carbocycles. The fourth-order valence-corrected chi connectivity index (χ4v) is 1.28. The van der Waals surface area contributed by atoms with Gasteiger partial charge >= 0.3 is 0 Å². The molecule has 8 heteroatoms. The van der Waals surface area contributed by atoms with Gasteiger partial charge in [0.25, 0.3) is 0 Å². The lowest BCUT2D eigenvalue weighted by atomic mass is 9.97. The van der Waals surface area contributed by atoms with E-state index in [0.29, 0.717) is 0 Å². The van der Waals surface area contributed by atoms with Crippen molar-refractivity contribution in [3.8, 4) is 0 Å². The third-order valence-corrected chi connectivity index (χ3v) is 2.05. The van der Waals surface area contributed by atoms with Gasteiger partial charge in [0.1, 0.15) is 6.10 Å². The standard InChI is InChI=1S/C6H11N3O5/c7-9-8-3-2(1-10)14-6(13)5(12)4(3)11/h2-6,10-13H,1H2/t2-,3-,4+,5+,6+/m1/s1. The van der Waals surface area contributed by atoms with Crippen LogP contribution < -0.4 is 0 Å². The minimum Gasteiger partial charge on any atom is -0.394 e. The second kappa shape index (κ2) is 4.56. The van der Waals surface area contributed by atoms with E-state index >= 15 is 0 Å². The number of aliphatic hydroxyl groups excluding tert-OH is 4. The molecule has 4 N–H and O–H groups in total. The number of azide groups is 1. The minimum absolute atomic E-state index is 0.523. The summed E-state index contributed by atoms with van der Waals surface area (Å²) in [6.07, 6.45) is -5.60. The molecule has 1 aliphatic rings. The molecule has 0 aliphatic carbocycles. The van der Waals surface area contributed by atoms with E-state index in [1.165, 1.54) is 0 Å². The highest BCUT2D eigenvalue weighted by Gasteiger charge is 2.43. The monoisotopic (exact) mass is 205 g/mol. The normalized spacial score (nSPS) is 43.0. The predicted molar refractivity (Wildman–Crippen MR) is 42.9 cm³/mol. The van der Waals surface area contributed by atoms with Crippen LogP contribution in [0.3, 0.4) is 0 Å². The first kappa shape index (κ1) is 11.2. The third-order valence-electron chi connectivity index (χ3n) is 2.05. The number of hydrogen-bond acceptors (Lipinski definition) is 6. The summed E-state index contributed by atoms with van der Waals surface area (Å²) < 4.78 is 4.71. The van der Waals surface area contributed by atoms with Crippen molar-refractivity contribution in [2.24, 2.45) is 5.11 Å². The van der Waals surface area contributed by atoms with Crippen LogP contribution in [0.1, 0.15) is 0 Å². The quantitative estimate of drug-likeness (QED) is 0.237. The van der Waals surface area contributed by atoms with Crippen molar-refractivity contribution in [2.75, 3.05) is 6.61 Å². The van der Waals surface area contributed by atoms with Gasteiger partial charge < -0.3 is 25.2 Å². The van der Waals surface area contributed by atoms with Gasteiger partial charge in [0.15, 0.2) is 6.29 Å². The van der Waals surface area contributed by atoms with E-state index in [-0.39, 0.29) is 0 Å². The van der Waals surface area contributed by atoms with Gasteiger partial charge in [-0.25, -0.2) is 0 Å².